The number of anilines is 1. The molecule has 3 heterocycles. The number of carbonyl (C=O) groups is 1. The fraction of sp³-hybridized carbons (Fsp3) is 0.522. The maximum atomic E-state index is 13.8. The SMILES string of the molecule is C=CCN1C(=O)[C@@]2(O[C@@H](CCn3cc(CCO)nn3)[C@H]([Si](C)(C)O)[C@H]2C)c2ccccc21. The van der Waals surface area contributed by atoms with E-state index in [0.29, 0.717) is 25.9 Å². The van der Waals surface area contributed by atoms with Crippen molar-refractivity contribution in [2.45, 2.75) is 56.7 Å². The second kappa shape index (κ2) is 8.55. The van der Waals surface area contributed by atoms with Crippen molar-refractivity contribution in [1.82, 2.24) is 15.0 Å². The molecule has 1 aromatic carbocycles. The number of aliphatic hydroxyl groups is 1. The summed E-state index contributed by atoms with van der Waals surface area (Å²) in [7, 11) is -2.68. The average molecular weight is 457 g/mol. The summed E-state index contributed by atoms with van der Waals surface area (Å²) in [5.74, 6) is -0.258. The first-order valence-corrected chi connectivity index (χ1v) is 14.2. The van der Waals surface area contributed by atoms with E-state index in [1.807, 2.05) is 50.5 Å². The van der Waals surface area contributed by atoms with Gasteiger partial charge >= 0.3 is 0 Å². The Morgan fingerprint density at radius 3 is 2.78 bits per heavy atom. The standard InChI is InChI=1S/C23H32N4O4Si/c1-5-12-27-19-9-7-6-8-18(19)23(22(27)29)16(2)21(32(3,4)30)20(31-23)10-13-26-15-17(11-14-28)24-25-26/h5-9,15-16,20-21,28,30H,1,10-14H2,2-4H3/t16-,20+,21-,23+/m1/s1. The van der Waals surface area contributed by atoms with E-state index in [1.54, 1.807) is 15.7 Å². The van der Waals surface area contributed by atoms with Gasteiger partial charge in [-0.25, -0.2) is 0 Å². The maximum Gasteiger partial charge on any atom is 0.264 e. The number of amides is 1. The number of rotatable bonds is 8. The Morgan fingerprint density at radius 1 is 1.34 bits per heavy atom. The minimum absolute atomic E-state index is 0.0274. The topological polar surface area (TPSA) is 101 Å². The molecule has 2 aliphatic heterocycles. The number of benzene rings is 1. The van der Waals surface area contributed by atoms with Gasteiger partial charge in [-0.3, -0.25) is 9.48 Å². The fourth-order valence-corrected chi connectivity index (χ4v) is 8.15. The van der Waals surface area contributed by atoms with Crippen LogP contribution in [0.15, 0.2) is 43.1 Å². The summed E-state index contributed by atoms with van der Waals surface area (Å²) in [6, 6.07) is 7.78. The molecule has 8 nitrogen and oxygen atoms in total. The zero-order chi connectivity index (χ0) is 23.1. The number of aliphatic hydroxyl groups excluding tert-OH is 1. The molecule has 0 aliphatic carbocycles. The molecule has 1 spiro atoms. The lowest BCUT2D eigenvalue weighted by atomic mass is 9.82. The highest BCUT2D eigenvalue weighted by atomic mass is 28.4. The van der Waals surface area contributed by atoms with Crippen molar-refractivity contribution in [1.29, 1.82) is 0 Å². The van der Waals surface area contributed by atoms with Gasteiger partial charge in [0.05, 0.1) is 17.5 Å². The van der Waals surface area contributed by atoms with Crippen LogP contribution in [0.4, 0.5) is 5.69 Å². The minimum atomic E-state index is -2.68. The van der Waals surface area contributed by atoms with Crippen LogP contribution < -0.4 is 4.90 Å². The molecule has 2 aliphatic rings. The third-order valence-corrected chi connectivity index (χ3v) is 9.30. The Morgan fingerprint density at radius 2 is 2.09 bits per heavy atom. The molecule has 0 radical (unpaired) electrons. The van der Waals surface area contributed by atoms with Gasteiger partial charge in [0.1, 0.15) is 0 Å². The number of hydrogen-bond acceptors (Lipinski definition) is 6. The lowest BCUT2D eigenvalue weighted by Crippen LogP contribution is -2.46. The summed E-state index contributed by atoms with van der Waals surface area (Å²) >= 11 is 0. The Kier molecular flexibility index (Phi) is 6.10. The molecule has 2 N–H and O–H groups in total. The summed E-state index contributed by atoms with van der Waals surface area (Å²) in [5.41, 5.74) is 1.23. The molecule has 1 aromatic heterocycles. The molecule has 1 saturated heterocycles. The van der Waals surface area contributed by atoms with Crippen molar-refractivity contribution in [2.24, 2.45) is 5.92 Å². The fourth-order valence-electron chi connectivity index (χ4n) is 5.55. The summed E-state index contributed by atoms with van der Waals surface area (Å²) in [6.07, 6.45) is 4.32. The largest absolute Gasteiger partial charge is 0.432 e. The Balaban J connectivity index is 1.67. The number of nitrogens with zero attached hydrogens (tertiary/aromatic N) is 4. The number of hydrogen-bond donors (Lipinski definition) is 2. The van der Waals surface area contributed by atoms with Gasteiger partial charge in [0.25, 0.3) is 5.91 Å². The molecular weight excluding hydrogens is 424 g/mol. The van der Waals surface area contributed by atoms with Crippen LogP contribution in [0, 0.1) is 5.92 Å². The quantitative estimate of drug-likeness (QED) is 0.467. The number of para-hydroxylation sites is 1. The van der Waals surface area contributed by atoms with Crippen LogP contribution >= 0.6 is 0 Å². The van der Waals surface area contributed by atoms with Crippen LogP contribution in [-0.2, 0) is 28.1 Å². The number of ether oxygens (including phenoxy) is 1. The molecule has 32 heavy (non-hydrogen) atoms. The third kappa shape index (κ3) is 3.63. The van der Waals surface area contributed by atoms with Crippen LogP contribution in [-0.4, -0.2) is 58.4 Å². The van der Waals surface area contributed by atoms with Gasteiger partial charge in [0.15, 0.2) is 13.9 Å². The molecule has 4 atom stereocenters. The lowest BCUT2D eigenvalue weighted by Gasteiger charge is -2.32. The molecule has 2 aromatic rings. The highest BCUT2D eigenvalue weighted by Gasteiger charge is 2.65. The van der Waals surface area contributed by atoms with Crippen LogP contribution in [0.2, 0.25) is 18.6 Å². The van der Waals surface area contributed by atoms with E-state index < -0.39 is 13.9 Å². The molecule has 1 fully saturated rings. The van der Waals surface area contributed by atoms with Crippen LogP contribution in [0.3, 0.4) is 0 Å². The molecule has 0 saturated carbocycles. The highest BCUT2D eigenvalue weighted by molar-refractivity contribution is 6.71. The van der Waals surface area contributed by atoms with Gasteiger partial charge in [-0.15, -0.1) is 11.7 Å². The first-order chi connectivity index (χ1) is 15.2. The summed E-state index contributed by atoms with van der Waals surface area (Å²) in [4.78, 5) is 26.8. The highest BCUT2D eigenvalue weighted by Crippen LogP contribution is 2.59. The van der Waals surface area contributed by atoms with E-state index in [4.69, 9.17) is 9.84 Å². The van der Waals surface area contributed by atoms with Crippen molar-refractivity contribution < 1.29 is 19.4 Å². The van der Waals surface area contributed by atoms with E-state index in [1.165, 1.54) is 0 Å². The summed E-state index contributed by atoms with van der Waals surface area (Å²) < 4.78 is 8.44. The monoisotopic (exact) mass is 456 g/mol. The number of aromatic nitrogens is 3. The van der Waals surface area contributed by atoms with E-state index in [-0.39, 0.29) is 30.1 Å². The Labute approximate surface area is 189 Å². The minimum Gasteiger partial charge on any atom is -0.432 e. The van der Waals surface area contributed by atoms with E-state index in [0.717, 1.165) is 16.9 Å². The predicted octanol–water partition coefficient (Wildman–Crippen LogP) is 2.23. The van der Waals surface area contributed by atoms with Crippen LogP contribution in [0.1, 0.15) is 24.6 Å². The Hall–Kier alpha value is -2.33. The summed E-state index contributed by atoms with van der Waals surface area (Å²) in [6.45, 7) is 10.7. The second-order valence-electron chi connectivity index (χ2n) is 9.32. The zero-order valence-electron chi connectivity index (χ0n) is 18.9. The van der Waals surface area contributed by atoms with Crippen molar-refractivity contribution in [2.75, 3.05) is 18.1 Å². The predicted molar refractivity (Wildman–Crippen MR) is 124 cm³/mol. The van der Waals surface area contributed by atoms with Gasteiger partial charge in [0.2, 0.25) is 0 Å². The van der Waals surface area contributed by atoms with Crippen molar-refractivity contribution in [3.05, 3.63) is 54.4 Å². The molecule has 1 amide bonds. The van der Waals surface area contributed by atoms with Crippen LogP contribution in [0.5, 0.6) is 0 Å². The Bertz CT molecular complexity index is 1000. The smallest absolute Gasteiger partial charge is 0.264 e. The molecule has 172 valence electrons. The molecular formula is C23H32N4O4Si. The molecule has 4 rings (SSSR count). The average Bonchev–Trinajstić information content (AvgIpc) is 3.38. The molecule has 0 bridgehead atoms. The lowest BCUT2D eigenvalue weighted by molar-refractivity contribution is -0.145. The van der Waals surface area contributed by atoms with E-state index in [9.17, 15) is 9.59 Å². The second-order valence-corrected chi connectivity index (χ2v) is 13.3. The van der Waals surface area contributed by atoms with Crippen molar-refractivity contribution in [3.8, 4) is 0 Å². The number of fused-ring (bicyclic) bond motifs is 2. The molecule has 0 unspecified atom stereocenters. The van der Waals surface area contributed by atoms with Gasteiger partial charge in [0, 0.05) is 49.3 Å². The van der Waals surface area contributed by atoms with E-state index in [2.05, 4.69) is 16.9 Å². The number of aryl methyl sites for hydroxylation is 1. The molecule has 9 heteroatoms. The van der Waals surface area contributed by atoms with Gasteiger partial charge in [-0.2, -0.15) is 0 Å². The van der Waals surface area contributed by atoms with Crippen LogP contribution in [0.25, 0.3) is 0 Å². The maximum absolute atomic E-state index is 13.8. The van der Waals surface area contributed by atoms with E-state index >= 15 is 0 Å². The van der Waals surface area contributed by atoms with Gasteiger partial charge in [-0.05, 0) is 25.6 Å². The first-order valence-electron chi connectivity index (χ1n) is 11.2. The normalized spacial score (nSPS) is 27.3. The third-order valence-electron chi connectivity index (χ3n) is 6.80. The zero-order valence-corrected chi connectivity index (χ0v) is 19.9. The number of carbonyl (C=O) groups excluding carboxylic acids is 1. The van der Waals surface area contributed by atoms with Crippen molar-refractivity contribution >= 4 is 19.9 Å². The van der Waals surface area contributed by atoms with Gasteiger partial charge in [-0.1, -0.05) is 36.4 Å². The van der Waals surface area contributed by atoms with Gasteiger partial charge < -0.3 is 19.5 Å². The summed E-state index contributed by atoms with van der Waals surface area (Å²) in [5, 5.41) is 17.3. The van der Waals surface area contributed by atoms with Crippen molar-refractivity contribution in [3.63, 3.8) is 0 Å². The first kappa shape index (κ1) is 22.8.